The van der Waals surface area contributed by atoms with Gasteiger partial charge in [-0.05, 0) is 48.9 Å². The Bertz CT molecular complexity index is 449. The lowest BCUT2D eigenvalue weighted by Crippen LogP contribution is -2.32. The number of aliphatic hydroxyl groups excluding tert-OH is 1. The summed E-state index contributed by atoms with van der Waals surface area (Å²) >= 11 is 3.36. The van der Waals surface area contributed by atoms with Crippen molar-refractivity contribution >= 4 is 21.8 Å². The molecule has 1 aliphatic carbocycles. The molecule has 1 aliphatic rings. The summed E-state index contributed by atoms with van der Waals surface area (Å²) in [5, 5.41) is 12.2. The van der Waals surface area contributed by atoms with Crippen molar-refractivity contribution in [2.75, 3.05) is 19.8 Å². The molecule has 1 fully saturated rings. The van der Waals surface area contributed by atoms with Crippen LogP contribution in [-0.4, -0.2) is 30.8 Å². The Morgan fingerprint density at radius 2 is 2.00 bits per heavy atom. The molecule has 0 bridgehead atoms. The molecule has 0 spiro atoms. The fourth-order valence-corrected chi connectivity index (χ4v) is 3.01. The van der Waals surface area contributed by atoms with Gasteiger partial charge in [0.1, 0.15) is 5.75 Å². The van der Waals surface area contributed by atoms with Crippen LogP contribution >= 0.6 is 15.9 Å². The van der Waals surface area contributed by atoms with E-state index in [0.29, 0.717) is 31.4 Å². The van der Waals surface area contributed by atoms with Crippen molar-refractivity contribution < 1.29 is 14.6 Å². The van der Waals surface area contributed by atoms with Gasteiger partial charge in [0.15, 0.2) is 0 Å². The molecule has 21 heavy (non-hydrogen) atoms. The highest BCUT2D eigenvalue weighted by Gasteiger charge is 2.26. The Kier molecular flexibility index (Phi) is 6.51. The van der Waals surface area contributed by atoms with Crippen LogP contribution in [0.4, 0.5) is 0 Å². The molecular weight excluding hydrogens is 334 g/mol. The smallest absolute Gasteiger partial charge is 0.223 e. The molecule has 1 amide bonds. The number of nitrogens with one attached hydrogen (secondary N) is 1. The van der Waals surface area contributed by atoms with Crippen LogP contribution in [0.15, 0.2) is 28.7 Å². The third-order valence-electron chi connectivity index (χ3n) is 4.02. The van der Waals surface area contributed by atoms with E-state index in [1.807, 2.05) is 24.3 Å². The van der Waals surface area contributed by atoms with Crippen molar-refractivity contribution in [3.05, 3.63) is 28.7 Å². The maximum atomic E-state index is 11.8. The zero-order valence-electron chi connectivity index (χ0n) is 12.1. The van der Waals surface area contributed by atoms with E-state index in [0.717, 1.165) is 29.5 Å². The lowest BCUT2D eigenvalue weighted by molar-refractivity contribution is -0.121. The molecule has 0 aliphatic heterocycles. The van der Waals surface area contributed by atoms with E-state index in [1.54, 1.807) is 0 Å². The highest BCUT2D eigenvalue weighted by molar-refractivity contribution is 9.10. The highest BCUT2D eigenvalue weighted by Crippen LogP contribution is 2.30. The maximum Gasteiger partial charge on any atom is 0.223 e. The fraction of sp³-hybridized carbons (Fsp3) is 0.562. The minimum atomic E-state index is 0.00991. The van der Waals surface area contributed by atoms with Crippen molar-refractivity contribution in [3.63, 3.8) is 0 Å². The predicted octanol–water partition coefficient (Wildman–Crippen LogP) is 2.74. The molecule has 4 nitrogen and oxygen atoms in total. The van der Waals surface area contributed by atoms with E-state index in [9.17, 15) is 9.90 Å². The zero-order chi connectivity index (χ0) is 15.1. The SMILES string of the molecule is O=C(CCOc1ccc(Br)cc1)NCC1CCCC1CO. The number of carbonyl (C=O) groups is 1. The summed E-state index contributed by atoms with van der Waals surface area (Å²) in [4.78, 5) is 11.8. The van der Waals surface area contributed by atoms with E-state index >= 15 is 0 Å². The molecule has 1 saturated carbocycles. The number of halogens is 1. The largest absolute Gasteiger partial charge is 0.493 e. The van der Waals surface area contributed by atoms with Gasteiger partial charge in [-0.3, -0.25) is 4.79 Å². The Balaban J connectivity index is 1.62. The van der Waals surface area contributed by atoms with Gasteiger partial charge in [-0.1, -0.05) is 22.4 Å². The van der Waals surface area contributed by atoms with Crippen LogP contribution in [0.25, 0.3) is 0 Å². The molecular formula is C16H22BrNO3. The Morgan fingerprint density at radius 3 is 2.71 bits per heavy atom. The van der Waals surface area contributed by atoms with Crippen molar-refractivity contribution in [2.45, 2.75) is 25.7 Å². The van der Waals surface area contributed by atoms with Gasteiger partial charge in [0.25, 0.3) is 0 Å². The van der Waals surface area contributed by atoms with Gasteiger partial charge in [-0.25, -0.2) is 0 Å². The molecule has 2 N–H and O–H groups in total. The molecule has 5 heteroatoms. The summed E-state index contributed by atoms with van der Waals surface area (Å²) < 4.78 is 6.53. The molecule has 116 valence electrons. The Hall–Kier alpha value is -1.07. The van der Waals surface area contributed by atoms with Gasteiger partial charge < -0.3 is 15.2 Å². The van der Waals surface area contributed by atoms with Crippen LogP contribution in [0.5, 0.6) is 5.75 Å². The standard InChI is InChI=1S/C16H22BrNO3/c17-14-4-6-15(7-5-14)21-9-8-16(20)18-10-12-2-1-3-13(12)11-19/h4-7,12-13,19H,1-3,8-11H2,(H,18,20). The molecule has 0 aromatic heterocycles. The molecule has 2 rings (SSSR count). The average molecular weight is 356 g/mol. The molecule has 0 heterocycles. The summed E-state index contributed by atoms with van der Waals surface area (Å²) in [5.74, 6) is 1.55. The first-order chi connectivity index (χ1) is 10.2. The lowest BCUT2D eigenvalue weighted by atomic mass is 9.97. The van der Waals surface area contributed by atoms with Crippen LogP contribution in [-0.2, 0) is 4.79 Å². The summed E-state index contributed by atoms with van der Waals surface area (Å²) in [6.45, 7) is 1.27. The molecule has 1 aromatic carbocycles. The predicted molar refractivity (Wildman–Crippen MR) is 85.2 cm³/mol. The molecule has 0 radical (unpaired) electrons. The fourth-order valence-electron chi connectivity index (χ4n) is 2.75. The monoisotopic (exact) mass is 355 g/mol. The first kappa shape index (κ1) is 16.3. The van der Waals surface area contributed by atoms with Crippen molar-refractivity contribution in [1.29, 1.82) is 0 Å². The quantitative estimate of drug-likeness (QED) is 0.790. The average Bonchev–Trinajstić information content (AvgIpc) is 2.95. The number of ether oxygens (including phenoxy) is 1. The Labute approximate surface area is 134 Å². The van der Waals surface area contributed by atoms with Crippen molar-refractivity contribution in [1.82, 2.24) is 5.32 Å². The van der Waals surface area contributed by atoms with Gasteiger partial charge in [0.05, 0.1) is 13.0 Å². The molecule has 2 atom stereocenters. The third-order valence-corrected chi connectivity index (χ3v) is 4.55. The van der Waals surface area contributed by atoms with E-state index in [1.165, 1.54) is 0 Å². The number of carbonyl (C=O) groups excluding carboxylic acids is 1. The molecule has 0 saturated heterocycles. The van der Waals surface area contributed by atoms with Gasteiger partial charge in [-0.2, -0.15) is 0 Å². The summed E-state index contributed by atoms with van der Waals surface area (Å²) in [7, 11) is 0. The number of amides is 1. The van der Waals surface area contributed by atoms with Crippen molar-refractivity contribution in [2.24, 2.45) is 11.8 Å². The number of hydrogen-bond donors (Lipinski definition) is 2. The highest BCUT2D eigenvalue weighted by atomic mass is 79.9. The van der Waals surface area contributed by atoms with Crippen LogP contribution in [0.3, 0.4) is 0 Å². The number of rotatable bonds is 7. The van der Waals surface area contributed by atoms with Gasteiger partial charge in [0.2, 0.25) is 5.91 Å². The second-order valence-electron chi connectivity index (χ2n) is 5.49. The minimum absolute atomic E-state index is 0.00991. The van der Waals surface area contributed by atoms with E-state index in [2.05, 4.69) is 21.2 Å². The normalized spacial score (nSPS) is 21.2. The summed E-state index contributed by atoms with van der Waals surface area (Å²) in [5.41, 5.74) is 0. The third kappa shape index (κ3) is 5.32. The van der Waals surface area contributed by atoms with Crippen LogP contribution < -0.4 is 10.1 Å². The van der Waals surface area contributed by atoms with Gasteiger partial charge in [-0.15, -0.1) is 0 Å². The van der Waals surface area contributed by atoms with Crippen LogP contribution in [0, 0.1) is 11.8 Å². The summed E-state index contributed by atoms with van der Waals surface area (Å²) in [6.07, 6.45) is 3.68. The number of hydrogen-bond acceptors (Lipinski definition) is 3. The second-order valence-corrected chi connectivity index (χ2v) is 6.41. The van der Waals surface area contributed by atoms with E-state index in [-0.39, 0.29) is 12.5 Å². The number of benzene rings is 1. The van der Waals surface area contributed by atoms with E-state index in [4.69, 9.17) is 4.74 Å². The number of aliphatic hydroxyl groups is 1. The van der Waals surface area contributed by atoms with Crippen molar-refractivity contribution in [3.8, 4) is 5.75 Å². The minimum Gasteiger partial charge on any atom is -0.493 e. The summed E-state index contributed by atoms with van der Waals surface area (Å²) in [6, 6.07) is 7.55. The first-order valence-electron chi connectivity index (χ1n) is 7.45. The molecule has 1 aromatic rings. The topological polar surface area (TPSA) is 58.6 Å². The van der Waals surface area contributed by atoms with E-state index < -0.39 is 0 Å². The molecule has 2 unspecified atom stereocenters. The van der Waals surface area contributed by atoms with Crippen LogP contribution in [0.2, 0.25) is 0 Å². The maximum absolute atomic E-state index is 11.8. The second kappa shape index (κ2) is 8.39. The zero-order valence-corrected chi connectivity index (χ0v) is 13.6. The van der Waals surface area contributed by atoms with Crippen LogP contribution in [0.1, 0.15) is 25.7 Å². The lowest BCUT2D eigenvalue weighted by Gasteiger charge is -2.17. The van der Waals surface area contributed by atoms with Gasteiger partial charge in [0, 0.05) is 17.6 Å². The first-order valence-corrected chi connectivity index (χ1v) is 8.24. The van der Waals surface area contributed by atoms with Gasteiger partial charge >= 0.3 is 0 Å². The Morgan fingerprint density at radius 1 is 1.29 bits per heavy atom.